The first-order valence-corrected chi connectivity index (χ1v) is 5.37. The van der Waals surface area contributed by atoms with Crippen LogP contribution in [0.3, 0.4) is 0 Å². The van der Waals surface area contributed by atoms with E-state index in [2.05, 4.69) is 19.1 Å². The average molecular weight is 204 g/mol. The zero-order valence-corrected chi connectivity index (χ0v) is 9.25. The molecule has 0 amide bonds. The van der Waals surface area contributed by atoms with E-state index in [0.29, 0.717) is 0 Å². The van der Waals surface area contributed by atoms with Crippen LogP contribution in [0.1, 0.15) is 24.5 Å². The van der Waals surface area contributed by atoms with Gasteiger partial charge in [-0.15, -0.1) is 0 Å². The third kappa shape index (κ3) is 1.54. The predicted octanol–water partition coefficient (Wildman–Crippen LogP) is 2.35. The molecule has 2 heteroatoms. The molecular formula is C13H16O2. The highest BCUT2D eigenvalue weighted by atomic mass is 16.5. The Hall–Kier alpha value is -1.31. The van der Waals surface area contributed by atoms with Crippen molar-refractivity contribution in [3.8, 4) is 0 Å². The first kappa shape index (κ1) is 10.2. The summed E-state index contributed by atoms with van der Waals surface area (Å²) in [5.74, 6) is -0.0683. The predicted molar refractivity (Wildman–Crippen MR) is 58.6 cm³/mol. The Balaban J connectivity index is 2.33. The summed E-state index contributed by atoms with van der Waals surface area (Å²) in [7, 11) is 1.47. The van der Waals surface area contributed by atoms with E-state index in [1.165, 1.54) is 18.2 Å². The number of rotatable bonds is 2. The van der Waals surface area contributed by atoms with Crippen LogP contribution >= 0.6 is 0 Å². The van der Waals surface area contributed by atoms with Gasteiger partial charge in [-0.2, -0.15) is 0 Å². The minimum atomic E-state index is -0.307. The number of fused-ring (bicyclic) bond motifs is 1. The van der Waals surface area contributed by atoms with Crippen molar-refractivity contribution in [3.63, 3.8) is 0 Å². The van der Waals surface area contributed by atoms with Crippen LogP contribution < -0.4 is 0 Å². The molecule has 1 aliphatic carbocycles. The van der Waals surface area contributed by atoms with E-state index >= 15 is 0 Å². The van der Waals surface area contributed by atoms with Gasteiger partial charge in [0.1, 0.15) is 0 Å². The van der Waals surface area contributed by atoms with E-state index < -0.39 is 0 Å². The van der Waals surface area contributed by atoms with Crippen LogP contribution in [0.15, 0.2) is 24.3 Å². The Kier molecular flexibility index (Phi) is 2.51. The highest BCUT2D eigenvalue weighted by Crippen LogP contribution is 2.40. The van der Waals surface area contributed by atoms with Crippen LogP contribution in [0.2, 0.25) is 0 Å². The molecule has 15 heavy (non-hydrogen) atoms. The molecule has 1 aromatic carbocycles. The van der Waals surface area contributed by atoms with Crippen LogP contribution in [0.5, 0.6) is 0 Å². The summed E-state index contributed by atoms with van der Waals surface area (Å²) in [5.41, 5.74) is 2.29. The Labute approximate surface area is 90.3 Å². The van der Waals surface area contributed by atoms with Crippen molar-refractivity contribution in [1.29, 1.82) is 0 Å². The minimum absolute atomic E-state index is 0.0683. The lowest BCUT2D eigenvalue weighted by molar-refractivity contribution is -0.152. The van der Waals surface area contributed by atoms with Crippen molar-refractivity contribution in [2.45, 2.75) is 26.2 Å². The minimum Gasteiger partial charge on any atom is -0.469 e. The molecule has 0 bridgehead atoms. The molecule has 2 rings (SSSR count). The molecule has 0 atom stereocenters. The van der Waals surface area contributed by atoms with Crippen LogP contribution in [0.4, 0.5) is 0 Å². The molecule has 0 fully saturated rings. The van der Waals surface area contributed by atoms with Crippen LogP contribution in [-0.4, -0.2) is 13.1 Å². The number of carbonyl (C=O) groups is 1. The Morgan fingerprint density at radius 2 is 1.87 bits per heavy atom. The number of ether oxygens (including phenoxy) is 1. The Morgan fingerprint density at radius 1 is 1.33 bits per heavy atom. The van der Waals surface area contributed by atoms with Gasteiger partial charge in [-0.05, 0) is 30.4 Å². The summed E-state index contributed by atoms with van der Waals surface area (Å²) in [4.78, 5) is 11.8. The molecule has 80 valence electrons. The topological polar surface area (TPSA) is 26.3 Å². The van der Waals surface area contributed by atoms with Crippen molar-refractivity contribution >= 4 is 5.97 Å². The fraction of sp³-hybridized carbons (Fsp3) is 0.462. The van der Waals surface area contributed by atoms with Gasteiger partial charge in [0.25, 0.3) is 0 Å². The van der Waals surface area contributed by atoms with E-state index in [4.69, 9.17) is 4.74 Å². The first-order valence-electron chi connectivity index (χ1n) is 5.37. The molecule has 0 saturated carbocycles. The molecule has 0 heterocycles. The number of benzene rings is 1. The van der Waals surface area contributed by atoms with E-state index in [0.717, 1.165) is 19.3 Å². The molecule has 0 aliphatic heterocycles. The number of hydrogen-bond acceptors (Lipinski definition) is 2. The number of carbonyl (C=O) groups excluding carboxylic acids is 1. The van der Waals surface area contributed by atoms with E-state index in [9.17, 15) is 4.79 Å². The van der Waals surface area contributed by atoms with Crippen molar-refractivity contribution < 1.29 is 9.53 Å². The van der Waals surface area contributed by atoms with Gasteiger partial charge in [-0.1, -0.05) is 31.2 Å². The zero-order chi connectivity index (χ0) is 10.9. The standard InChI is InChI=1S/C13H16O2/c1-3-13(12(14)15-2)8-10-6-4-5-7-11(10)9-13/h4-7H,3,8-9H2,1-2H3. The lowest BCUT2D eigenvalue weighted by atomic mass is 9.82. The average Bonchev–Trinajstić information content (AvgIpc) is 2.67. The lowest BCUT2D eigenvalue weighted by Gasteiger charge is -2.23. The quantitative estimate of drug-likeness (QED) is 0.691. The maximum absolute atomic E-state index is 11.8. The molecule has 0 N–H and O–H groups in total. The lowest BCUT2D eigenvalue weighted by Crippen LogP contribution is -2.32. The number of hydrogen-bond donors (Lipinski definition) is 0. The van der Waals surface area contributed by atoms with Crippen LogP contribution in [0.25, 0.3) is 0 Å². The monoisotopic (exact) mass is 204 g/mol. The molecule has 2 nitrogen and oxygen atoms in total. The smallest absolute Gasteiger partial charge is 0.312 e. The molecule has 0 unspecified atom stereocenters. The van der Waals surface area contributed by atoms with E-state index in [1.54, 1.807) is 0 Å². The zero-order valence-electron chi connectivity index (χ0n) is 9.25. The van der Waals surface area contributed by atoms with Gasteiger partial charge in [0.05, 0.1) is 12.5 Å². The van der Waals surface area contributed by atoms with Gasteiger partial charge < -0.3 is 4.74 Å². The maximum Gasteiger partial charge on any atom is 0.312 e. The summed E-state index contributed by atoms with van der Waals surface area (Å²) < 4.78 is 4.92. The highest BCUT2D eigenvalue weighted by Gasteiger charge is 2.42. The van der Waals surface area contributed by atoms with Gasteiger partial charge in [0.15, 0.2) is 0 Å². The molecular weight excluding hydrogens is 188 g/mol. The summed E-state index contributed by atoms with van der Waals surface area (Å²) in [6.45, 7) is 2.06. The van der Waals surface area contributed by atoms with E-state index in [-0.39, 0.29) is 11.4 Å². The molecule has 0 radical (unpaired) electrons. The summed E-state index contributed by atoms with van der Waals surface area (Å²) in [5, 5.41) is 0. The fourth-order valence-corrected chi connectivity index (χ4v) is 2.45. The Morgan fingerprint density at radius 3 is 2.27 bits per heavy atom. The molecule has 0 aromatic heterocycles. The second-order valence-corrected chi connectivity index (χ2v) is 4.25. The Bertz CT molecular complexity index is 357. The van der Waals surface area contributed by atoms with Crippen molar-refractivity contribution in [2.75, 3.05) is 7.11 Å². The first-order chi connectivity index (χ1) is 7.22. The van der Waals surface area contributed by atoms with Crippen molar-refractivity contribution in [1.82, 2.24) is 0 Å². The van der Waals surface area contributed by atoms with Gasteiger partial charge in [-0.3, -0.25) is 4.79 Å². The SMILES string of the molecule is CCC1(C(=O)OC)Cc2ccccc2C1. The largest absolute Gasteiger partial charge is 0.469 e. The van der Waals surface area contributed by atoms with Crippen molar-refractivity contribution in [2.24, 2.45) is 5.41 Å². The maximum atomic E-state index is 11.8. The number of methoxy groups -OCH3 is 1. The van der Waals surface area contributed by atoms with Gasteiger partial charge in [0.2, 0.25) is 0 Å². The third-order valence-corrected chi connectivity index (χ3v) is 3.47. The second-order valence-electron chi connectivity index (χ2n) is 4.25. The van der Waals surface area contributed by atoms with Gasteiger partial charge in [0, 0.05) is 0 Å². The van der Waals surface area contributed by atoms with Crippen LogP contribution in [0, 0.1) is 5.41 Å². The number of esters is 1. The van der Waals surface area contributed by atoms with E-state index in [1.807, 2.05) is 12.1 Å². The third-order valence-electron chi connectivity index (χ3n) is 3.47. The second kappa shape index (κ2) is 3.69. The molecule has 1 aliphatic rings. The van der Waals surface area contributed by atoms with Crippen LogP contribution in [-0.2, 0) is 22.4 Å². The van der Waals surface area contributed by atoms with Gasteiger partial charge >= 0.3 is 5.97 Å². The molecule has 1 aromatic rings. The summed E-state index contributed by atoms with van der Waals surface area (Å²) in [6.07, 6.45) is 2.49. The summed E-state index contributed by atoms with van der Waals surface area (Å²) >= 11 is 0. The van der Waals surface area contributed by atoms with Crippen molar-refractivity contribution in [3.05, 3.63) is 35.4 Å². The fourth-order valence-electron chi connectivity index (χ4n) is 2.45. The summed E-state index contributed by atoms with van der Waals surface area (Å²) in [6, 6.07) is 8.27. The molecule has 0 saturated heterocycles. The normalized spacial score (nSPS) is 17.2. The van der Waals surface area contributed by atoms with Gasteiger partial charge in [-0.25, -0.2) is 0 Å². The highest BCUT2D eigenvalue weighted by molar-refractivity contribution is 5.78. The molecule has 0 spiro atoms.